The van der Waals surface area contributed by atoms with Crippen LogP contribution in [-0.4, -0.2) is 13.4 Å². The maximum absolute atomic E-state index is 7.87. The van der Waals surface area contributed by atoms with Crippen LogP contribution in [0.25, 0.3) is 22.3 Å². The minimum Gasteiger partial charge on any atom is -0.458 e. The number of para-hydroxylation sites is 8. The van der Waals surface area contributed by atoms with E-state index in [-0.39, 0.29) is 13.4 Å². The lowest BCUT2D eigenvalue weighted by atomic mass is 9.31. The van der Waals surface area contributed by atoms with Crippen LogP contribution in [0.5, 0.6) is 11.5 Å². The van der Waals surface area contributed by atoms with Gasteiger partial charge < -0.3 is 29.7 Å². The second-order valence-corrected chi connectivity index (χ2v) is 23.6. The number of rotatable bonds is 13. The Hall–Kier alpha value is -12.0. The summed E-state index contributed by atoms with van der Waals surface area (Å²) in [7, 11) is 0. The van der Waals surface area contributed by atoms with Crippen LogP contribution >= 0.6 is 0 Å². The molecule has 0 bridgehead atoms. The number of benzene rings is 14. The number of nitrogens with zero attached hydrogens (tertiary/aromatic N) is 4. The van der Waals surface area contributed by atoms with Gasteiger partial charge in [-0.2, -0.15) is 0 Å². The van der Waals surface area contributed by atoms with E-state index in [1.807, 2.05) is 0 Å². The van der Waals surface area contributed by atoms with Gasteiger partial charge in [0, 0.05) is 85.8 Å². The van der Waals surface area contributed by atoms with E-state index in [9.17, 15) is 0 Å². The Labute approximate surface area is 538 Å². The zero-order valence-electron chi connectivity index (χ0n) is 50.3. The molecule has 0 saturated carbocycles. The first-order valence-corrected chi connectivity index (χ1v) is 31.6. The molecule has 8 heteroatoms. The highest BCUT2D eigenvalue weighted by molar-refractivity contribution is 7.02. The molecule has 3 heterocycles. The molecule has 0 aliphatic carbocycles. The fourth-order valence-corrected chi connectivity index (χ4v) is 14.4. The van der Waals surface area contributed by atoms with Crippen molar-refractivity contribution in [2.24, 2.45) is 0 Å². The van der Waals surface area contributed by atoms with Gasteiger partial charge in [0.2, 0.25) is 6.71 Å². The second kappa shape index (κ2) is 23.2. The third-order valence-corrected chi connectivity index (χ3v) is 18.2. The zero-order chi connectivity index (χ0) is 60.9. The Morgan fingerprint density at radius 3 is 1.29 bits per heavy atom. The van der Waals surface area contributed by atoms with Crippen molar-refractivity contribution in [2.75, 3.05) is 24.9 Å². The van der Waals surface area contributed by atoms with E-state index in [1.165, 1.54) is 10.9 Å². The van der Waals surface area contributed by atoms with Crippen molar-refractivity contribution in [1.82, 2.24) is 0 Å². The molecule has 432 valence electrons. The van der Waals surface area contributed by atoms with Gasteiger partial charge >= 0.3 is 0 Å². The number of anilines is 14. The summed E-state index contributed by atoms with van der Waals surface area (Å²) in [5, 5.41) is 4.12. The van der Waals surface area contributed by atoms with Crippen LogP contribution in [0.2, 0.25) is 0 Å². The first-order valence-electron chi connectivity index (χ1n) is 31.6. The van der Waals surface area contributed by atoms with Gasteiger partial charge in [-0.3, -0.25) is 0 Å². The van der Waals surface area contributed by atoms with Crippen molar-refractivity contribution in [3.8, 4) is 33.8 Å². The molecule has 0 spiro atoms. The van der Waals surface area contributed by atoms with Crippen LogP contribution in [-0.2, 0) is 0 Å². The Morgan fingerprint density at radius 2 is 0.750 bits per heavy atom. The summed E-state index contributed by atoms with van der Waals surface area (Å²) >= 11 is 0. The van der Waals surface area contributed by atoms with E-state index < -0.39 is 0 Å². The molecule has 0 amide bonds. The summed E-state index contributed by atoms with van der Waals surface area (Å²) in [4.78, 5) is 9.77. The molecular weight excluding hydrogens is 1120 g/mol. The molecule has 3 aliphatic rings. The van der Waals surface area contributed by atoms with Crippen molar-refractivity contribution in [2.45, 2.75) is 0 Å². The molecule has 6 nitrogen and oxygen atoms in total. The molecule has 0 atom stereocenters. The maximum atomic E-state index is 7.87. The molecule has 0 radical (unpaired) electrons. The largest absolute Gasteiger partial charge is 0.458 e. The predicted molar refractivity (Wildman–Crippen MR) is 388 cm³/mol. The van der Waals surface area contributed by atoms with Crippen LogP contribution in [0.3, 0.4) is 0 Å². The topological polar surface area (TPSA) is 34.2 Å². The van der Waals surface area contributed by atoms with Crippen LogP contribution in [0, 0.1) is 0 Å². The van der Waals surface area contributed by atoms with Gasteiger partial charge in [0.1, 0.15) is 11.5 Å². The van der Waals surface area contributed by atoms with E-state index in [1.54, 1.807) is 0 Å². The molecule has 1 N–H and O–H groups in total. The van der Waals surface area contributed by atoms with Crippen molar-refractivity contribution in [1.29, 1.82) is 0 Å². The molecular formula is C84H59B2N5O. The Balaban J connectivity index is 1.000. The van der Waals surface area contributed by atoms with Crippen molar-refractivity contribution < 1.29 is 4.74 Å². The summed E-state index contributed by atoms with van der Waals surface area (Å²) in [5.74, 6) is 1.60. The van der Waals surface area contributed by atoms with Gasteiger partial charge in [-0.1, -0.05) is 248 Å². The number of fused-ring (bicyclic) bond motifs is 6. The van der Waals surface area contributed by atoms with E-state index in [2.05, 4.69) is 377 Å². The fraction of sp³-hybridized carbons (Fsp3) is 0. The third kappa shape index (κ3) is 9.47. The monoisotopic (exact) mass is 1180 g/mol. The Kier molecular flexibility index (Phi) is 13.7. The summed E-state index contributed by atoms with van der Waals surface area (Å²) in [5.41, 5.74) is 25.7. The quantitative estimate of drug-likeness (QED) is 0.116. The first kappa shape index (κ1) is 54.2. The van der Waals surface area contributed by atoms with Gasteiger partial charge in [-0.25, -0.2) is 0 Å². The van der Waals surface area contributed by atoms with E-state index >= 15 is 0 Å². The Morgan fingerprint density at radius 1 is 0.293 bits per heavy atom. The molecule has 3 aliphatic heterocycles. The predicted octanol–water partition coefficient (Wildman–Crippen LogP) is 18.4. The maximum Gasteiger partial charge on any atom is 0.256 e. The summed E-state index contributed by atoms with van der Waals surface area (Å²) in [6.45, 7) is -0.513. The van der Waals surface area contributed by atoms with E-state index in [4.69, 9.17) is 4.74 Å². The fourth-order valence-electron chi connectivity index (χ4n) is 14.4. The van der Waals surface area contributed by atoms with Gasteiger partial charge in [0.25, 0.3) is 6.71 Å². The average Bonchev–Trinajstić information content (AvgIpc) is 0.713. The van der Waals surface area contributed by atoms with Crippen molar-refractivity contribution in [3.63, 3.8) is 0 Å². The lowest BCUT2D eigenvalue weighted by molar-refractivity contribution is 0.488. The van der Waals surface area contributed by atoms with Crippen LogP contribution < -0.4 is 62.4 Å². The van der Waals surface area contributed by atoms with Crippen molar-refractivity contribution >= 4 is 126 Å². The normalized spacial score (nSPS) is 12.3. The molecule has 17 rings (SSSR count). The average molecular weight is 1180 g/mol. The lowest BCUT2D eigenvalue weighted by Crippen LogP contribution is -2.63. The van der Waals surface area contributed by atoms with E-state index in [0.717, 1.165) is 135 Å². The molecule has 0 aromatic heterocycles. The number of nitrogens with one attached hydrogen (secondary N) is 1. The summed E-state index contributed by atoms with van der Waals surface area (Å²) < 4.78 is 7.87. The molecule has 92 heavy (non-hydrogen) atoms. The van der Waals surface area contributed by atoms with Crippen molar-refractivity contribution in [3.05, 3.63) is 352 Å². The van der Waals surface area contributed by atoms with E-state index in [0.29, 0.717) is 0 Å². The molecule has 14 aromatic rings. The smallest absolute Gasteiger partial charge is 0.256 e. The van der Waals surface area contributed by atoms with Gasteiger partial charge in [0.15, 0.2) is 0 Å². The lowest BCUT2D eigenvalue weighted by Gasteiger charge is -2.43. The first-order chi connectivity index (χ1) is 45.7. The summed E-state index contributed by atoms with van der Waals surface area (Å²) in [6.07, 6.45) is 0. The Bertz CT molecular complexity index is 4860. The minimum absolute atomic E-state index is 0.224. The molecule has 14 aromatic carbocycles. The van der Waals surface area contributed by atoms with Gasteiger partial charge in [0.05, 0.1) is 17.1 Å². The second-order valence-electron chi connectivity index (χ2n) is 23.6. The molecule has 0 unspecified atom stereocenters. The zero-order valence-corrected chi connectivity index (χ0v) is 50.3. The highest BCUT2D eigenvalue weighted by Crippen LogP contribution is 2.52. The number of hydrogen-bond acceptors (Lipinski definition) is 6. The number of hydrogen-bond donors (Lipinski definition) is 1. The number of ether oxygens (including phenoxy) is 1. The highest BCUT2D eigenvalue weighted by Gasteiger charge is 2.46. The van der Waals surface area contributed by atoms with Crippen LogP contribution in [0.15, 0.2) is 352 Å². The van der Waals surface area contributed by atoms with Crippen LogP contribution in [0.1, 0.15) is 0 Å². The molecule has 0 fully saturated rings. The highest BCUT2D eigenvalue weighted by atomic mass is 16.5. The van der Waals surface area contributed by atoms with Crippen LogP contribution in [0.4, 0.5) is 79.6 Å². The summed E-state index contributed by atoms with van der Waals surface area (Å²) in [6, 6.07) is 127. The minimum atomic E-state index is -0.290. The standard InChI is InChI=1S/C84H59B2N5O/c1-10-31-59(32-11-1)70-49-30-50-71(60-33-12-2-13-34-60)84(70)91-77-58-80-74(86-72-51-28-29-52-76(72)90(67-47-26-9-27-48-67)79-55-69(56-81(92-80)83(79)86)89(65-43-22-7-23-44-65)66-45-24-8-25-46-66)57-73(77)85(61-35-14-3-15-36-61)82-75(87-62-37-16-4-17-38-62)53-68(54-78(82)91)88(63-39-18-5-19-40-63)64-41-20-6-21-42-64/h1-58,87H. The SMILES string of the molecule is c1ccc(Nc2cc(N(c3ccccc3)c3ccccc3)cc3c2B(c2ccccc2)c2cc4c(cc2N3c2c(-c3ccccc3)cccc2-c2ccccc2)Oc2cc(N(c3ccccc3)c3ccccc3)cc3c2B4c2ccccc2N3c2ccccc2)cc1. The van der Waals surface area contributed by atoms with Gasteiger partial charge in [-0.05, 0) is 136 Å². The third-order valence-electron chi connectivity index (χ3n) is 18.2. The van der Waals surface area contributed by atoms with Gasteiger partial charge in [-0.15, -0.1) is 0 Å². The molecule has 0 saturated heterocycles.